The minimum atomic E-state index is -0.0655. The number of rotatable bonds is 5. The van der Waals surface area contributed by atoms with E-state index in [-0.39, 0.29) is 5.91 Å². The second-order valence-electron chi connectivity index (χ2n) is 5.40. The molecule has 0 aliphatic heterocycles. The zero-order chi connectivity index (χ0) is 15.2. The van der Waals surface area contributed by atoms with E-state index >= 15 is 0 Å². The van der Waals surface area contributed by atoms with Gasteiger partial charge in [0, 0.05) is 12.6 Å². The maximum Gasteiger partial charge on any atom is 0.263 e. The van der Waals surface area contributed by atoms with Crippen molar-refractivity contribution in [3.8, 4) is 0 Å². The van der Waals surface area contributed by atoms with Gasteiger partial charge in [-0.25, -0.2) is 0 Å². The van der Waals surface area contributed by atoms with E-state index < -0.39 is 0 Å². The molecule has 0 spiro atoms. The average Bonchev–Trinajstić information content (AvgIpc) is 2.65. The van der Waals surface area contributed by atoms with Gasteiger partial charge in [-0.05, 0) is 26.0 Å². The van der Waals surface area contributed by atoms with Crippen LogP contribution in [0.1, 0.15) is 55.1 Å². The van der Waals surface area contributed by atoms with Gasteiger partial charge in [0.1, 0.15) is 9.88 Å². The van der Waals surface area contributed by atoms with Crippen molar-refractivity contribution in [1.29, 1.82) is 0 Å². The highest BCUT2D eigenvalue weighted by molar-refractivity contribution is 7.99. The van der Waals surface area contributed by atoms with Gasteiger partial charge in [0.05, 0.1) is 10.6 Å². The molecule has 1 aromatic rings. The van der Waals surface area contributed by atoms with Crippen LogP contribution in [0.2, 0.25) is 0 Å². The average molecular weight is 328 g/mol. The predicted octanol–water partition coefficient (Wildman–Crippen LogP) is 3.94. The fourth-order valence-corrected chi connectivity index (χ4v) is 4.76. The van der Waals surface area contributed by atoms with Gasteiger partial charge >= 0.3 is 0 Å². The number of anilines is 2. The summed E-state index contributed by atoms with van der Waals surface area (Å²) in [7, 11) is 0. The van der Waals surface area contributed by atoms with Crippen molar-refractivity contribution < 1.29 is 4.79 Å². The van der Waals surface area contributed by atoms with Crippen LogP contribution in [0.5, 0.6) is 0 Å². The third kappa shape index (κ3) is 4.07. The normalized spacial score (nSPS) is 16.5. The number of amides is 1. The quantitative estimate of drug-likeness (QED) is 0.566. The first-order chi connectivity index (χ1) is 10.2. The van der Waals surface area contributed by atoms with Crippen molar-refractivity contribution in [3.05, 3.63) is 4.88 Å². The molecule has 21 heavy (non-hydrogen) atoms. The highest BCUT2D eigenvalue weighted by Gasteiger charge is 2.22. The molecule has 1 amide bonds. The third-order valence-corrected chi connectivity index (χ3v) is 5.93. The maximum atomic E-state index is 12.1. The number of thioether (sulfide) groups is 1. The Morgan fingerprint density at radius 1 is 1.33 bits per heavy atom. The van der Waals surface area contributed by atoms with Crippen LogP contribution in [-0.2, 0) is 0 Å². The van der Waals surface area contributed by atoms with Gasteiger partial charge in [0.15, 0.2) is 0 Å². The highest BCUT2D eigenvalue weighted by atomic mass is 32.2. The number of nitrogens with one attached hydrogen (secondary N) is 2. The molecule has 0 radical (unpaired) electrons. The van der Waals surface area contributed by atoms with Crippen molar-refractivity contribution in [2.75, 3.05) is 23.9 Å². The van der Waals surface area contributed by atoms with Crippen molar-refractivity contribution in [2.24, 2.45) is 0 Å². The third-order valence-electron chi connectivity index (χ3n) is 3.84. The van der Waals surface area contributed by atoms with E-state index in [1.807, 2.05) is 13.2 Å². The molecule has 1 saturated carbocycles. The lowest BCUT2D eigenvalue weighted by Crippen LogP contribution is -2.22. The number of hydrogen-bond donors (Lipinski definition) is 3. The molecule has 1 fully saturated rings. The summed E-state index contributed by atoms with van der Waals surface area (Å²) in [5.41, 5.74) is 6.79. The molecular formula is C15H25N3OS2. The lowest BCUT2D eigenvalue weighted by Gasteiger charge is -2.17. The van der Waals surface area contributed by atoms with Crippen LogP contribution in [0.25, 0.3) is 0 Å². The Morgan fingerprint density at radius 3 is 2.57 bits per heavy atom. The molecule has 2 rings (SSSR count). The highest BCUT2D eigenvalue weighted by Crippen LogP contribution is 2.42. The number of carbonyl (C=O) groups is 1. The van der Waals surface area contributed by atoms with Crippen LogP contribution in [0.4, 0.5) is 10.7 Å². The largest absolute Gasteiger partial charge is 0.396 e. The molecule has 4 nitrogen and oxygen atoms in total. The van der Waals surface area contributed by atoms with E-state index in [1.165, 1.54) is 49.9 Å². The van der Waals surface area contributed by atoms with Gasteiger partial charge in [-0.1, -0.05) is 25.7 Å². The van der Waals surface area contributed by atoms with Crippen LogP contribution in [0, 0.1) is 0 Å². The van der Waals surface area contributed by atoms with Crippen LogP contribution in [0.3, 0.4) is 0 Å². The lowest BCUT2D eigenvalue weighted by molar-refractivity contribution is 0.0960. The van der Waals surface area contributed by atoms with Crippen LogP contribution >= 0.6 is 23.1 Å². The molecular weight excluding hydrogens is 302 g/mol. The van der Waals surface area contributed by atoms with E-state index in [1.54, 1.807) is 11.8 Å². The molecule has 1 aromatic heterocycles. The molecule has 1 aliphatic carbocycles. The number of hydrogen-bond acceptors (Lipinski definition) is 5. The molecule has 0 bridgehead atoms. The minimum absolute atomic E-state index is 0.0655. The Hall–Kier alpha value is -0.880. The van der Waals surface area contributed by atoms with Gasteiger partial charge in [-0.3, -0.25) is 4.79 Å². The van der Waals surface area contributed by atoms with Crippen LogP contribution < -0.4 is 16.4 Å². The Kier molecular flexibility index (Phi) is 6.23. The zero-order valence-corrected chi connectivity index (χ0v) is 14.5. The monoisotopic (exact) mass is 327 g/mol. The summed E-state index contributed by atoms with van der Waals surface area (Å²) in [4.78, 5) is 13.7. The smallest absolute Gasteiger partial charge is 0.263 e. The number of nitrogens with two attached hydrogens (primary N) is 1. The van der Waals surface area contributed by atoms with Gasteiger partial charge < -0.3 is 16.4 Å². The van der Waals surface area contributed by atoms with Gasteiger partial charge in [0.25, 0.3) is 5.91 Å². The number of nitrogen functional groups attached to an aromatic ring is 1. The van der Waals surface area contributed by atoms with Gasteiger partial charge in [-0.2, -0.15) is 0 Å². The SMILES string of the molecule is CCNC(=O)c1sc(NC2CCCCCC2)c(SC)c1N. The zero-order valence-electron chi connectivity index (χ0n) is 12.8. The molecule has 118 valence electrons. The number of carbonyl (C=O) groups excluding carboxylic acids is 1. The van der Waals surface area contributed by atoms with E-state index in [2.05, 4.69) is 10.6 Å². The Labute approximate surface area is 135 Å². The van der Waals surface area contributed by atoms with E-state index in [0.29, 0.717) is 23.2 Å². The molecule has 1 heterocycles. The summed E-state index contributed by atoms with van der Waals surface area (Å²) in [6.07, 6.45) is 9.68. The Bertz CT molecular complexity index is 480. The standard InChI is InChI=1S/C15H25N3OS2/c1-3-17-14(19)12-11(16)13(20-2)15(21-12)18-10-8-6-4-5-7-9-10/h10,18H,3-9,16H2,1-2H3,(H,17,19). The fraction of sp³-hybridized carbons (Fsp3) is 0.667. The van der Waals surface area contributed by atoms with Crippen LogP contribution in [-0.4, -0.2) is 24.7 Å². The summed E-state index contributed by atoms with van der Waals surface area (Å²) in [5.74, 6) is -0.0655. The van der Waals surface area contributed by atoms with E-state index in [0.717, 1.165) is 9.90 Å². The minimum Gasteiger partial charge on any atom is -0.396 e. The first-order valence-electron chi connectivity index (χ1n) is 7.68. The second kappa shape index (κ2) is 7.94. The first kappa shape index (κ1) is 16.5. The van der Waals surface area contributed by atoms with Gasteiger partial charge in [-0.15, -0.1) is 23.1 Å². The Morgan fingerprint density at radius 2 is 2.00 bits per heavy atom. The van der Waals surface area contributed by atoms with Crippen molar-refractivity contribution in [3.63, 3.8) is 0 Å². The summed E-state index contributed by atoms with van der Waals surface area (Å²) in [6.45, 7) is 2.54. The molecule has 1 aliphatic rings. The molecule has 0 unspecified atom stereocenters. The van der Waals surface area contributed by atoms with E-state index in [9.17, 15) is 4.79 Å². The fourth-order valence-electron chi connectivity index (χ4n) is 2.75. The molecule has 4 N–H and O–H groups in total. The topological polar surface area (TPSA) is 67.2 Å². The van der Waals surface area contributed by atoms with Crippen molar-refractivity contribution in [2.45, 2.75) is 56.4 Å². The predicted molar refractivity (Wildman–Crippen MR) is 93.6 cm³/mol. The van der Waals surface area contributed by atoms with Crippen molar-refractivity contribution >= 4 is 39.7 Å². The first-order valence-corrected chi connectivity index (χ1v) is 9.72. The summed E-state index contributed by atoms with van der Waals surface area (Å²) in [5, 5.41) is 7.53. The van der Waals surface area contributed by atoms with Gasteiger partial charge in [0.2, 0.25) is 0 Å². The maximum absolute atomic E-state index is 12.1. The lowest BCUT2D eigenvalue weighted by atomic mass is 10.1. The molecule has 6 heteroatoms. The summed E-state index contributed by atoms with van der Waals surface area (Å²) >= 11 is 3.11. The second-order valence-corrected chi connectivity index (χ2v) is 7.24. The molecule has 0 saturated heterocycles. The van der Waals surface area contributed by atoms with Crippen molar-refractivity contribution in [1.82, 2.24) is 5.32 Å². The van der Waals surface area contributed by atoms with Crippen LogP contribution in [0.15, 0.2) is 4.90 Å². The number of thiophene rings is 1. The summed E-state index contributed by atoms with van der Waals surface area (Å²) < 4.78 is 0. The Balaban J connectivity index is 2.17. The molecule has 0 atom stereocenters. The van der Waals surface area contributed by atoms with E-state index in [4.69, 9.17) is 5.73 Å². The summed E-state index contributed by atoms with van der Waals surface area (Å²) in [6, 6.07) is 0.513. The molecule has 0 aromatic carbocycles.